The molecule has 7 nitrogen and oxygen atoms in total. The molecule has 7 heteroatoms. The van der Waals surface area contributed by atoms with Gasteiger partial charge in [-0.2, -0.15) is 5.10 Å². The number of benzene rings is 1. The van der Waals surface area contributed by atoms with E-state index in [0.717, 1.165) is 5.56 Å². The van der Waals surface area contributed by atoms with Gasteiger partial charge >= 0.3 is 0 Å². The van der Waals surface area contributed by atoms with Crippen LogP contribution in [0.2, 0.25) is 0 Å². The third-order valence-electron chi connectivity index (χ3n) is 3.69. The number of rotatable bonds is 5. The van der Waals surface area contributed by atoms with Gasteiger partial charge in [0, 0.05) is 39.0 Å². The van der Waals surface area contributed by atoms with Gasteiger partial charge in [0.05, 0.1) is 14.2 Å². The monoisotopic (exact) mass is 319 g/mol. The van der Waals surface area contributed by atoms with E-state index in [4.69, 9.17) is 9.47 Å². The van der Waals surface area contributed by atoms with E-state index >= 15 is 0 Å². The molecule has 0 radical (unpaired) electrons. The van der Waals surface area contributed by atoms with Crippen LogP contribution >= 0.6 is 0 Å². The molecular formula is C16H21N3O4. The van der Waals surface area contributed by atoms with Crippen LogP contribution in [0.15, 0.2) is 23.3 Å². The van der Waals surface area contributed by atoms with Crippen LogP contribution in [0.25, 0.3) is 0 Å². The first-order valence-electron chi connectivity index (χ1n) is 7.27. The third kappa shape index (κ3) is 3.61. The van der Waals surface area contributed by atoms with Crippen molar-refractivity contribution in [2.24, 2.45) is 5.10 Å². The molecule has 0 aliphatic carbocycles. The normalized spacial score (nSPS) is 14.3. The Morgan fingerprint density at radius 2 is 2.04 bits per heavy atom. The van der Waals surface area contributed by atoms with Gasteiger partial charge in [0.25, 0.3) is 5.91 Å². The van der Waals surface area contributed by atoms with Crippen molar-refractivity contribution in [3.63, 3.8) is 0 Å². The minimum absolute atomic E-state index is 0.0846. The molecule has 1 aromatic rings. The summed E-state index contributed by atoms with van der Waals surface area (Å²) in [6.07, 6.45) is 0.666. The lowest BCUT2D eigenvalue weighted by atomic mass is 10.1. The molecule has 0 aromatic heterocycles. The van der Waals surface area contributed by atoms with Crippen LogP contribution in [-0.4, -0.2) is 55.7 Å². The van der Waals surface area contributed by atoms with Gasteiger partial charge in [-0.05, 0) is 6.07 Å². The fourth-order valence-electron chi connectivity index (χ4n) is 2.45. The van der Waals surface area contributed by atoms with Crippen molar-refractivity contribution in [3.8, 4) is 11.5 Å². The zero-order valence-electron chi connectivity index (χ0n) is 13.8. The Labute approximate surface area is 135 Å². The van der Waals surface area contributed by atoms with E-state index in [2.05, 4.69) is 5.10 Å². The topological polar surface area (TPSA) is 71.4 Å². The molecule has 2 amide bonds. The number of carbonyl (C=O) groups excluding carboxylic acids is 2. The van der Waals surface area contributed by atoms with Crippen molar-refractivity contribution in [2.45, 2.75) is 19.4 Å². The van der Waals surface area contributed by atoms with Gasteiger partial charge in [-0.15, -0.1) is 0 Å². The molecule has 0 N–H and O–H groups in total. The zero-order chi connectivity index (χ0) is 17.0. The predicted molar refractivity (Wildman–Crippen MR) is 85.5 cm³/mol. The molecular weight excluding hydrogens is 298 g/mol. The summed E-state index contributed by atoms with van der Waals surface area (Å²) in [4.78, 5) is 25.5. The molecule has 0 saturated heterocycles. The van der Waals surface area contributed by atoms with Crippen LogP contribution in [0.4, 0.5) is 0 Å². The van der Waals surface area contributed by atoms with Crippen LogP contribution in [0.5, 0.6) is 11.5 Å². The Morgan fingerprint density at radius 1 is 1.30 bits per heavy atom. The number of methoxy groups -OCH3 is 2. The first-order chi connectivity index (χ1) is 11.0. The van der Waals surface area contributed by atoms with Crippen molar-refractivity contribution in [1.29, 1.82) is 0 Å². The summed E-state index contributed by atoms with van der Waals surface area (Å²) in [7, 11) is 6.38. The van der Waals surface area contributed by atoms with Gasteiger partial charge in [0.1, 0.15) is 5.71 Å². The summed E-state index contributed by atoms with van der Waals surface area (Å²) in [5.41, 5.74) is 1.22. The second-order valence-electron chi connectivity index (χ2n) is 5.28. The van der Waals surface area contributed by atoms with Crippen molar-refractivity contribution < 1.29 is 19.1 Å². The number of para-hydroxylation sites is 1. The number of hydrogen-bond acceptors (Lipinski definition) is 5. The highest BCUT2D eigenvalue weighted by Gasteiger charge is 2.25. The summed E-state index contributed by atoms with van der Waals surface area (Å²) in [5.74, 6) is 0.937. The molecule has 1 heterocycles. The molecule has 0 fully saturated rings. The second kappa shape index (κ2) is 7.13. The molecule has 2 rings (SSSR count). The Hall–Kier alpha value is -2.57. The summed E-state index contributed by atoms with van der Waals surface area (Å²) < 4.78 is 10.6. The molecule has 1 aliphatic heterocycles. The SMILES string of the molecule is COc1cccc(CN(C)C(=O)C2=NN(C)C(=O)CC2)c1OC. The highest BCUT2D eigenvalue weighted by Crippen LogP contribution is 2.31. The number of amides is 2. The lowest BCUT2D eigenvalue weighted by Crippen LogP contribution is -2.38. The van der Waals surface area contributed by atoms with E-state index in [-0.39, 0.29) is 11.8 Å². The van der Waals surface area contributed by atoms with Crippen LogP contribution in [-0.2, 0) is 16.1 Å². The van der Waals surface area contributed by atoms with Crippen LogP contribution < -0.4 is 9.47 Å². The zero-order valence-corrected chi connectivity index (χ0v) is 13.8. The Bertz CT molecular complexity index is 642. The predicted octanol–water partition coefficient (Wildman–Crippen LogP) is 1.27. The van der Waals surface area contributed by atoms with E-state index in [0.29, 0.717) is 36.6 Å². The number of hydrogen-bond donors (Lipinski definition) is 0. The van der Waals surface area contributed by atoms with E-state index in [1.165, 1.54) is 5.01 Å². The van der Waals surface area contributed by atoms with E-state index < -0.39 is 0 Å². The first kappa shape index (κ1) is 16.8. The molecule has 0 spiro atoms. The maximum atomic E-state index is 12.5. The fraction of sp³-hybridized carbons (Fsp3) is 0.438. The third-order valence-corrected chi connectivity index (χ3v) is 3.69. The lowest BCUT2D eigenvalue weighted by Gasteiger charge is -2.24. The lowest BCUT2D eigenvalue weighted by molar-refractivity contribution is -0.130. The van der Waals surface area contributed by atoms with Crippen molar-refractivity contribution in [2.75, 3.05) is 28.3 Å². The van der Waals surface area contributed by atoms with Gasteiger partial charge in [0.15, 0.2) is 11.5 Å². The highest BCUT2D eigenvalue weighted by molar-refractivity contribution is 6.39. The van der Waals surface area contributed by atoms with Crippen LogP contribution in [0.1, 0.15) is 18.4 Å². The van der Waals surface area contributed by atoms with Gasteiger partial charge in [-0.25, -0.2) is 5.01 Å². The van der Waals surface area contributed by atoms with Gasteiger partial charge in [0.2, 0.25) is 5.91 Å². The van der Waals surface area contributed by atoms with E-state index in [1.54, 1.807) is 39.3 Å². The van der Waals surface area contributed by atoms with Crippen molar-refractivity contribution in [3.05, 3.63) is 23.8 Å². The Morgan fingerprint density at radius 3 is 2.65 bits per heavy atom. The fourth-order valence-corrected chi connectivity index (χ4v) is 2.45. The molecule has 124 valence electrons. The summed E-state index contributed by atoms with van der Waals surface area (Å²) >= 11 is 0. The molecule has 0 bridgehead atoms. The summed E-state index contributed by atoms with van der Waals surface area (Å²) in [6.45, 7) is 0.357. The number of ether oxygens (including phenoxy) is 2. The van der Waals surface area contributed by atoms with Crippen molar-refractivity contribution in [1.82, 2.24) is 9.91 Å². The molecule has 0 atom stereocenters. The standard InChI is InChI=1S/C16H21N3O4/c1-18(16(21)12-8-9-14(20)19(2)17-12)10-11-6-5-7-13(22-3)15(11)23-4/h5-7H,8-10H2,1-4H3. The summed E-state index contributed by atoms with van der Waals surface area (Å²) in [5, 5.41) is 5.27. The Balaban J connectivity index is 2.16. The molecule has 1 aliphatic rings. The van der Waals surface area contributed by atoms with Gasteiger partial charge in [-0.3, -0.25) is 9.59 Å². The molecule has 1 aromatic carbocycles. The van der Waals surface area contributed by atoms with E-state index in [9.17, 15) is 9.59 Å². The minimum Gasteiger partial charge on any atom is -0.493 e. The summed E-state index contributed by atoms with van der Waals surface area (Å²) in [6, 6.07) is 5.53. The minimum atomic E-state index is -0.200. The average Bonchev–Trinajstić information content (AvgIpc) is 2.56. The molecule has 0 saturated carbocycles. The smallest absolute Gasteiger partial charge is 0.270 e. The maximum absolute atomic E-state index is 12.5. The average molecular weight is 319 g/mol. The second-order valence-corrected chi connectivity index (χ2v) is 5.28. The maximum Gasteiger partial charge on any atom is 0.270 e. The first-order valence-corrected chi connectivity index (χ1v) is 7.27. The van der Waals surface area contributed by atoms with Crippen LogP contribution in [0, 0.1) is 0 Å². The van der Waals surface area contributed by atoms with Crippen molar-refractivity contribution >= 4 is 17.5 Å². The largest absolute Gasteiger partial charge is 0.493 e. The number of nitrogens with zero attached hydrogens (tertiary/aromatic N) is 3. The van der Waals surface area contributed by atoms with E-state index in [1.807, 2.05) is 12.1 Å². The number of carbonyl (C=O) groups is 2. The number of hydrazone groups is 1. The molecule has 0 unspecified atom stereocenters. The highest BCUT2D eigenvalue weighted by atomic mass is 16.5. The van der Waals surface area contributed by atoms with Gasteiger partial charge in [-0.1, -0.05) is 12.1 Å². The van der Waals surface area contributed by atoms with Gasteiger partial charge < -0.3 is 14.4 Å². The molecule has 23 heavy (non-hydrogen) atoms. The quantitative estimate of drug-likeness (QED) is 0.819. The van der Waals surface area contributed by atoms with Crippen LogP contribution in [0.3, 0.4) is 0 Å². The Kier molecular flexibility index (Phi) is 5.20.